The molecule has 1 saturated heterocycles. The number of benzene rings is 1. The molecule has 0 radical (unpaired) electrons. The van der Waals surface area contributed by atoms with Crippen molar-refractivity contribution in [2.75, 3.05) is 19.6 Å². The smallest absolute Gasteiger partial charge is 0.410 e. The summed E-state index contributed by atoms with van der Waals surface area (Å²) in [4.78, 5) is 27.9. The largest absolute Gasteiger partial charge is 0.445 e. The highest BCUT2D eigenvalue weighted by Gasteiger charge is 2.32. The number of nitrogens with two attached hydrogens (primary N) is 1. The number of amides is 2. The van der Waals surface area contributed by atoms with E-state index in [1.54, 1.807) is 16.7 Å². The summed E-state index contributed by atoms with van der Waals surface area (Å²) in [5.41, 5.74) is 6.66. The second kappa shape index (κ2) is 8.68. The van der Waals surface area contributed by atoms with Crippen LogP contribution < -0.4 is 5.73 Å². The normalized spacial score (nSPS) is 18.3. The van der Waals surface area contributed by atoms with Crippen molar-refractivity contribution in [2.45, 2.75) is 45.4 Å². The van der Waals surface area contributed by atoms with E-state index in [0.717, 1.165) is 18.4 Å². The van der Waals surface area contributed by atoms with Gasteiger partial charge in [-0.15, -0.1) is 0 Å². The molecule has 1 aromatic rings. The summed E-state index contributed by atoms with van der Waals surface area (Å²) >= 11 is 0. The average molecular weight is 333 g/mol. The van der Waals surface area contributed by atoms with Gasteiger partial charge in [0.25, 0.3) is 0 Å². The van der Waals surface area contributed by atoms with Crippen LogP contribution in [-0.4, -0.2) is 53.5 Å². The topological polar surface area (TPSA) is 75.9 Å². The summed E-state index contributed by atoms with van der Waals surface area (Å²) in [5, 5.41) is 0. The average Bonchev–Trinajstić information content (AvgIpc) is 3.06. The van der Waals surface area contributed by atoms with Crippen LogP contribution in [-0.2, 0) is 16.1 Å². The van der Waals surface area contributed by atoms with Crippen molar-refractivity contribution in [2.24, 2.45) is 5.73 Å². The van der Waals surface area contributed by atoms with E-state index < -0.39 is 6.04 Å². The van der Waals surface area contributed by atoms with Gasteiger partial charge in [-0.25, -0.2) is 4.79 Å². The molecule has 1 aromatic carbocycles. The van der Waals surface area contributed by atoms with Crippen LogP contribution in [0.3, 0.4) is 0 Å². The third kappa shape index (κ3) is 4.71. The van der Waals surface area contributed by atoms with E-state index in [4.69, 9.17) is 10.5 Å². The van der Waals surface area contributed by atoms with Gasteiger partial charge in [-0.3, -0.25) is 4.79 Å². The Morgan fingerprint density at radius 1 is 1.38 bits per heavy atom. The van der Waals surface area contributed by atoms with Crippen molar-refractivity contribution < 1.29 is 14.3 Å². The van der Waals surface area contributed by atoms with Crippen LogP contribution in [0.1, 0.15) is 32.3 Å². The van der Waals surface area contributed by atoms with Crippen molar-refractivity contribution in [3.05, 3.63) is 35.9 Å². The second-order valence-corrected chi connectivity index (χ2v) is 6.20. The number of likely N-dealkylation sites (tertiary alicyclic amines) is 1. The molecule has 24 heavy (non-hydrogen) atoms. The lowest BCUT2D eigenvalue weighted by molar-refractivity contribution is -0.132. The highest BCUT2D eigenvalue weighted by Crippen LogP contribution is 2.20. The molecule has 2 atom stereocenters. The van der Waals surface area contributed by atoms with Gasteiger partial charge in [0.2, 0.25) is 5.91 Å². The van der Waals surface area contributed by atoms with Gasteiger partial charge in [0, 0.05) is 19.6 Å². The first kappa shape index (κ1) is 18.3. The molecule has 0 aromatic heterocycles. The predicted molar refractivity (Wildman–Crippen MR) is 92.3 cm³/mol. The van der Waals surface area contributed by atoms with Crippen molar-refractivity contribution in [1.82, 2.24) is 9.80 Å². The Bertz CT molecular complexity index is 548. The molecule has 0 aliphatic carbocycles. The van der Waals surface area contributed by atoms with E-state index in [-0.39, 0.29) is 24.6 Å². The van der Waals surface area contributed by atoms with E-state index >= 15 is 0 Å². The number of ether oxygens (including phenoxy) is 1. The maximum absolute atomic E-state index is 12.4. The minimum absolute atomic E-state index is 0.00377. The number of likely N-dealkylation sites (N-methyl/N-ethyl adjacent to an activating group) is 1. The second-order valence-electron chi connectivity index (χ2n) is 6.20. The van der Waals surface area contributed by atoms with E-state index in [1.165, 1.54) is 0 Å². The van der Waals surface area contributed by atoms with Crippen LogP contribution in [0.25, 0.3) is 0 Å². The summed E-state index contributed by atoms with van der Waals surface area (Å²) in [5.74, 6) is -0.0815. The van der Waals surface area contributed by atoms with Gasteiger partial charge < -0.3 is 20.3 Å². The first-order valence-electron chi connectivity index (χ1n) is 8.54. The minimum atomic E-state index is -0.523. The molecule has 2 amide bonds. The standard InChI is InChI=1S/C18H27N3O3/c1-3-20(17(22)14(2)19)12-16-10-7-11-21(16)18(23)24-13-15-8-5-4-6-9-15/h4-6,8-9,14,16H,3,7,10-13,19H2,1-2H3/t14-,16?/m0/s1. The van der Waals surface area contributed by atoms with Crippen LogP contribution in [0.4, 0.5) is 4.79 Å². The van der Waals surface area contributed by atoms with Crippen LogP contribution in [0.15, 0.2) is 30.3 Å². The molecule has 1 aliphatic rings. The van der Waals surface area contributed by atoms with Crippen LogP contribution >= 0.6 is 0 Å². The lowest BCUT2D eigenvalue weighted by Gasteiger charge is -2.30. The first-order valence-corrected chi connectivity index (χ1v) is 8.54. The molecule has 0 spiro atoms. The Morgan fingerprint density at radius 2 is 2.08 bits per heavy atom. The van der Waals surface area contributed by atoms with E-state index in [9.17, 15) is 9.59 Å². The van der Waals surface area contributed by atoms with E-state index in [1.807, 2.05) is 37.3 Å². The summed E-state index contributed by atoms with van der Waals surface area (Å²) in [6.45, 7) is 5.64. The van der Waals surface area contributed by atoms with Gasteiger partial charge in [-0.2, -0.15) is 0 Å². The maximum Gasteiger partial charge on any atom is 0.410 e. The van der Waals surface area contributed by atoms with Gasteiger partial charge in [0.15, 0.2) is 0 Å². The molecule has 0 bridgehead atoms. The first-order chi connectivity index (χ1) is 11.5. The fourth-order valence-electron chi connectivity index (χ4n) is 2.99. The molecule has 2 N–H and O–H groups in total. The summed E-state index contributed by atoms with van der Waals surface area (Å²) in [7, 11) is 0. The Balaban J connectivity index is 1.91. The Hall–Kier alpha value is -2.08. The lowest BCUT2D eigenvalue weighted by Crippen LogP contribution is -2.49. The quantitative estimate of drug-likeness (QED) is 0.864. The van der Waals surface area contributed by atoms with E-state index in [2.05, 4.69) is 0 Å². The molecule has 6 nitrogen and oxygen atoms in total. The van der Waals surface area contributed by atoms with Gasteiger partial charge in [0.1, 0.15) is 6.61 Å². The van der Waals surface area contributed by atoms with Gasteiger partial charge in [0.05, 0.1) is 12.1 Å². The number of carbonyl (C=O) groups excluding carboxylic acids is 2. The number of nitrogens with zero attached hydrogens (tertiary/aromatic N) is 2. The molecule has 0 saturated carbocycles. The molecule has 1 unspecified atom stereocenters. The molecule has 1 aliphatic heterocycles. The maximum atomic E-state index is 12.4. The van der Waals surface area contributed by atoms with Gasteiger partial charge in [-0.05, 0) is 32.3 Å². The number of hydrogen-bond donors (Lipinski definition) is 1. The monoisotopic (exact) mass is 333 g/mol. The number of hydrogen-bond acceptors (Lipinski definition) is 4. The molecular weight excluding hydrogens is 306 g/mol. The minimum Gasteiger partial charge on any atom is -0.445 e. The summed E-state index contributed by atoms with van der Waals surface area (Å²) in [6, 6.07) is 9.09. The van der Waals surface area contributed by atoms with Crippen LogP contribution in [0.2, 0.25) is 0 Å². The van der Waals surface area contributed by atoms with Crippen molar-refractivity contribution in [3.8, 4) is 0 Å². The number of rotatable bonds is 6. The van der Waals surface area contributed by atoms with E-state index in [0.29, 0.717) is 19.6 Å². The summed E-state index contributed by atoms with van der Waals surface area (Å²) < 4.78 is 5.42. The highest BCUT2D eigenvalue weighted by molar-refractivity contribution is 5.81. The third-order valence-corrected chi connectivity index (χ3v) is 4.33. The van der Waals surface area contributed by atoms with Crippen LogP contribution in [0, 0.1) is 0 Å². The third-order valence-electron chi connectivity index (χ3n) is 4.33. The SMILES string of the molecule is CCN(CC1CCCN1C(=O)OCc1ccccc1)C(=O)[C@H](C)N. The zero-order chi connectivity index (χ0) is 17.5. The van der Waals surface area contributed by atoms with Gasteiger partial charge in [-0.1, -0.05) is 30.3 Å². The molecule has 132 valence electrons. The summed E-state index contributed by atoms with van der Waals surface area (Å²) in [6.07, 6.45) is 1.49. The predicted octanol–water partition coefficient (Wildman–Crippen LogP) is 1.98. The van der Waals surface area contributed by atoms with Crippen molar-refractivity contribution in [1.29, 1.82) is 0 Å². The Kier molecular flexibility index (Phi) is 6.61. The highest BCUT2D eigenvalue weighted by atomic mass is 16.6. The van der Waals surface area contributed by atoms with Crippen LogP contribution in [0.5, 0.6) is 0 Å². The zero-order valence-electron chi connectivity index (χ0n) is 14.5. The Morgan fingerprint density at radius 3 is 2.71 bits per heavy atom. The van der Waals surface area contributed by atoms with Crippen molar-refractivity contribution >= 4 is 12.0 Å². The fourth-order valence-corrected chi connectivity index (χ4v) is 2.99. The Labute approximate surface area is 143 Å². The molecule has 6 heteroatoms. The van der Waals surface area contributed by atoms with Gasteiger partial charge >= 0.3 is 6.09 Å². The lowest BCUT2D eigenvalue weighted by atomic mass is 10.2. The fraction of sp³-hybridized carbons (Fsp3) is 0.556. The molecule has 1 fully saturated rings. The molecule has 2 rings (SSSR count). The zero-order valence-corrected chi connectivity index (χ0v) is 14.5. The molecule has 1 heterocycles. The molecular formula is C18H27N3O3. The van der Waals surface area contributed by atoms with Crippen molar-refractivity contribution in [3.63, 3.8) is 0 Å². The number of carbonyl (C=O) groups is 2.